The van der Waals surface area contributed by atoms with Gasteiger partial charge in [-0.05, 0) is 31.4 Å². The smallest absolute Gasteiger partial charge is 0.337 e. The molecule has 0 radical (unpaired) electrons. The molecular formula is C15H21NO5. The van der Waals surface area contributed by atoms with E-state index < -0.39 is 11.6 Å². The number of carboxylic acids is 1. The van der Waals surface area contributed by atoms with E-state index >= 15 is 0 Å². The highest BCUT2D eigenvalue weighted by Crippen LogP contribution is 2.47. The van der Waals surface area contributed by atoms with Crippen LogP contribution in [0.1, 0.15) is 44.1 Å². The van der Waals surface area contributed by atoms with Gasteiger partial charge >= 0.3 is 5.97 Å². The zero-order valence-electron chi connectivity index (χ0n) is 12.3. The fourth-order valence-electron chi connectivity index (χ4n) is 2.12. The number of carbonyl (C=O) groups excluding carboxylic acids is 1. The quantitative estimate of drug-likeness (QED) is 0.704. The minimum atomic E-state index is -1.95. The maximum atomic E-state index is 11.6. The van der Waals surface area contributed by atoms with Gasteiger partial charge in [0.15, 0.2) is 5.60 Å². The first kappa shape index (κ1) is 15.6. The summed E-state index contributed by atoms with van der Waals surface area (Å²) < 4.78 is 5.69. The molecule has 3 N–H and O–H groups in total. The first-order valence-corrected chi connectivity index (χ1v) is 7.10. The van der Waals surface area contributed by atoms with Crippen LogP contribution >= 0.6 is 0 Å². The third kappa shape index (κ3) is 4.07. The zero-order valence-corrected chi connectivity index (χ0v) is 12.3. The van der Waals surface area contributed by atoms with Gasteiger partial charge in [-0.25, -0.2) is 4.79 Å². The standard InChI is InChI=1S/C15H21NO5/c1-9-7-11(9)12-5-3-10(21-12)4-6-13(17)16-8-15(2,20)14(18)19/h3,5,9,11,20H,4,6-8H2,1-2H3,(H,16,17)(H,18,19). The predicted molar refractivity (Wildman–Crippen MR) is 74.8 cm³/mol. The van der Waals surface area contributed by atoms with Crippen molar-refractivity contribution in [3.05, 3.63) is 23.7 Å². The second-order valence-corrected chi connectivity index (χ2v) is 5.98. The monoisotopic (exact) mass is 295 g/mol. The highest BCUT2D eigenvalue weighted by Gasteiger charge is 2.36. The van der Waals surface area contributed by atoms with Gasteiger partial charge in [0.1, 0.15) is 11.5 Å². The van der Waals surface area contributed by atoms with Crippen molar-refractivity contribution < 1.29 is 24.2 Å². The number of nitrogens with one attached hydrogen (secondary N) is 1. The van der Waals surface area contributed by atoms with Crippen LogP contribution in [-0.4, -0.2) is 34.2 Å². The summed E-state index contributed by atoms with van der Waals surface area (Å²) in [5, 5.41) is 20.6. The van der Waals surface area contributed by atoms with E-state index in [4.69, 9.17) is 9.52 Å². The minimum absolute atomic E-state index is 0.197. The summed E-state index contributed by atoms with van der Waals surface area (Å²) in [5.74, 6) is 1.24. The maximum absolute atomic E-state index is 11.6. The van der Waals surface area contributed by atoms with E-state index in [1.54, 1.807) is 0 Å². The molecule has 1 aromatic heterocycles. The van der Waals surface area contributed by atoms with Gasteiger partial charge in [0.2, 0.25) is 5.91 Å². The van der Waals surface area contributed by atoms with Crippen LogP contribution < -0.4 is 5.32 Å². The Labute approximate surface area is 123 Å². The fourth-order valence-corrected chi connectivity index (χ4v) is 2.12. The van der Waals surface area contributed by atoms with Gasteiger partial charge in [-0.2, -0.15) is 0 Å². The lowest BCUT2D eigenvalue weighted by Crippen LogP contribution is -2.46. The molecule has 116 valence electrons. The molecule has 21 heavy (non-hydrogen) atoms. The second kappa shape index (κ2) is 5.89. The fraction of sp³-hybridized carbons (Fsp3) is 0.600. The largest absolute Gasteiger partial charge is 0.479 e. The Balaban J connectivity index is 1.74. The maximum Gasteiger partial charge on any atom is 0.337 e. The van der Waals surface area contributed by atoms with Gasteiger partial charge in [0.05, 0.1) is 6.54 Å². The Hall–Kier alpha value is -1.82. The van der Waals surface area contributed by atoms with Gasteiger partial charge in [-0.1, -0.05) is 6.92 Å². The normalized spacial score (nSPS) is 23.4. The lowest BCUT2D eigenvalue weighted by atomic mass is 10.1. The van der Waals surface area contributed by atoms with Crippen LogP contribution in [0.5, 0.6) is 0 Å². The Morgan fingerprint density at radius 1 is 1.48 bits per heavy atom. The molecule has 1 aliphatic carbocycles. The minimum Gasteiger partial charge on any atom is -0.479 e. The van der Waals surface area contributed by atoms with Crippen molar-refractivity contribution in [1.82, 2.24) is 5.32 Å². The molecule has 3 unspecified atom stereocenters. The predicted octanol–water partition coefficient (Wildman–Crippen LogP) is 1.29. The van der Waals surface area contributed by atoms with Crippen molar-refractivity contribution in [3.8, 4) is 0 Å². The summed E-state index contributed by atoms with van der Waals surface area (Å²) in [6.07, 6.45) is 1.81. The molecule has 2 rings (SSSR count). The van der Waals surface area contributed by atoms with E-state index in [0.29, 0.717) is 18.3 Å². The van der Waals surface area contributed by atoms with Crippen molar-refractivity contribution in [2.24, 2.45) is 5.92 Å². The van der Waals surface area contributed by atoms with Crippen LogP contribution in [0.3, 0.4) is 0 Å². The average molecular weight is 295 g/mol. The topological polar surface area (TPSA) is 99.8 Å². The van der Waals surface area contributed by atoms with Crippen molar-refractivity contribution >= 4 is 11.9 Å². The summed E-state index contributed by atoms with van der Waals surface area (Å²) in [7, 11) is 0. The molecule has 1 saturated carbocycles. The first-order valence-electron chi connectivity index (χ1n) is 7.10. The molecule has 6 nitrogen and oxygen atoms in total. The SMILES string of the molecule is CC1CC1c1ccc(CCC(=O)NCC(C)(O)C(=O)O)o1. The van der Waals surface area contributed by atoms with Crippen LogP contribution in [0.15, 0.2) is 16.5 Å². The van der Waals surface area contributed by atoms with Gasteiger partial charge < -0.3 is 19.9 Å². The lowest BCUT2D eigenvalue weighted by molar-refractivity contribution is -0.156. The molecule has 1 aromatic rings. The average Bonchev–Trinajstić information content (AvgIpc) is 2.97. The van der Waals surface area contributed by atoms with E-state index in [0.717, 1.165) is 24.9 Å². The Kier molecular flexibility index (Phi) is 4.37. The number of amides is 1. The molecule has 0 aliphatic heterocycles. The molecule has 0 saturated heterocycles. The van der Waals surface area contributed by atoms with Gasteiger partial charge in [0, 0.05) is 18.8 Å². The summed E-state index contributed by atoms with van der Waals surface area (Å²) >= 11 is 0. The summed E-state index contributed by atoms with van der Waals surface area (Å²) in [6.45, 7) is 3.00. The second-order valence-electron chi connectivity index (χ2n) is 5.98. The molecule has 0 bridgehead atoms. The third-order valence-corrected chi connectivity index (χ3v) is 3.85. The number of carboxylic acid groups (broad SMARTS) is 1. The van der Waals surface area contributed by atoms with Crippen LogP contribution in [0.4, 0.5) is 0 Å². The third-order valence-electron chi connectivity index (χ3n) is 3.85. The van der Waals surface area contributed by atoms with Crippen LogP contribution in [0.2, 0.25) is 0 Å². The van der Waals surface area contributed by atoms with Crippen molar-refractivity contribution in [3.63, 3.8) is 0 Å². The highest BCUT2D eigenvalue weighted by molar-refractivity contribution is 5.80. The van der Waals surface area contributed by atoms with Crippen LogP contribution in [0, 0.1) is 5.92 Å². The lowest BCUT2D eigenvalue weighted by Gasteiger charge is -2.18. The number of aliphatic carboxylic acids is 1. The Morgan fingerprint density at radius 3 is 2.71 bits per heavy atom. The molecular weight excluding hydrogens is 274 g/mol. The Bertz CT molecular complexity index is 534. The number of aliphatic hydroxyl groups is 1. The van der Waals surface area contributed by atoms with E-state index in [-0.39, 0.29) is 18.9 Å². The molecule has 0 spiro atoms. The van der Waals surface area contributed by atoms with Crippen LogP contribution in [0.25, 0.3) is 0 Å². The number of furan rings is 1. The number of rotatable bonds is 7. The molecule has 0 aromatic carbocycles. The number of carbonyl (C=O) groups is 2. The molecule has 1 heterocycles. The van der Waals surface area contributed by atoms with Gasteiger partial charge in [-0.3, -0.25) is 4.79 Å². The van der Waals surface area contributed by atoms with Gasteiger partial charge in [0.25, 0.3) is 0 Å². The molecule has 3 atom stereocenters. The first-order chi connectivity index (χ1) is 9.79. The molecule has 1 amide bonds. The van der Waals surface area contributed by atoms with Crippen LogP contribution in [-0.2, 0) is 16.0 Å². The summed E-state index contributed by atoms with van der Waals surface area (Å²) in [6, 6.07) is 3.83. The summed E-state index contributed by atoms with van der Waals surface area (Å²) in [4.78, 5) is 22.3. The number of aryl methyl sites for hydroxylation is 1. The van der Waals surface area contributed by atoms with Crippen molar-refractivity contribution in [1.29, 1.82) is 0 Å². The van der Waals surface area contributed by atoms with Crippen molar-refractivity contribution in [2.45, 2.75) is 44.6 Å². The molecule has 6 heteroatoms. The summed E-state index contributed by atoms with van der Waals surface area (Å²) in [5.41, 5.74) is -1.95. The number of hydrogen-bond acceptors (Lipinski definition) is 4. The van der Waals surface area contributed by atoms with E-state index in [9.17, 15) is 14.7 Å². The van der Waals surface area contributed by atoms with Gasteiger partial charge in [-0.15, -0.1) is 0 Å². The molecule has 1 aliphatic rings. The number of hydrogen-bond donors (Lipinski definition) is 3. The van der Waals surface area contributed by atoms with E-state index in [1.807, 2.05) is 12.1 Å². The highest BCUT2D eigenvalue weighted by atomic mass is 16.4. The molecule has 1 fully saturated rings. The van der Waals surface area contributed by atoms with E-state index in [1.165, 1.54) is 0 Å². The van der Waals surface area contributed by atoms with Crippen molar-refractivity contribution in [2.75, 3.05) is 6.54 Å². The van der Waals surface area contributed by atoms with E-state index in [2.05, 4.69) is 12.2 Å². The zero-order chi connectivity index (χ0) is 15.6. The Morgan fingerprint density at radius 2 is 2.14 bits per heavy atom.